The highest BCUT2D eigenvalue weighted by Crippen LogP contribution is 2.32. The number of nitrogens with zero attached hydrogens (tertiary/aromatic N) is 5. The van der Waals surface area contributed by atoms with Crippen molar-refractivity contribution in [3.8, 4) is 0 Å². The lowest BCUT2D eigenvalue weighted by atomic mass is 9.99. The number of carbonyl (C=O) groups is 1. The van der Waals surface area contributed by atoms with Crippen molar-refractivity contribution < 1.29 is 9.18 Å². The van der Waals surface area contributed by atoms with Gasteiger partial charge in [-0.2, -0.15) is 0 Å². The van der Waals surface area contributed by atoms with Gasteiger partial charge in [-0.15, -0.1) is 16.4 Å². The van der Waals surface area contributed by atoms with Gasteiger partial charge in [0.2, 0.25) is 5.91 Å². The number of thiazole rings is 1. The summed E-state index contributed by atoms with van der Waals surface area (Å²) in [7, 11) is 0. The van der Waals surface area contributed by atoms with Gasteiger partial charge in [-0.1, -0.05) is 29.3 Å². The molecule has 3 aromatic rings. The molecule has 3 heterocycles. The second kappa shape index (κ2) is 10.1. The largest absolute Gasteiger partial charge is 0.346 e. The highest BCUT2D eigenvalue weighted by Gasteiger charge is 2.33. The molecule has 2 aromatic heterocycles. The summed E-state index contributed by atoms with van der Waals surface area (Å²) in [6, 6.07) is 3.34. The number of halogens is 2. The van der Waals surface area contributed by atoms with Crippen LogP contribution < -0.4 is 5.32 Å². The molecule has 0 aliphatic carbocycles. The Hall–Kier alpha value is -2.36. The van der Waals surface area contributed by atoms with E-state index < -0.39 is 17.9 Å². The summed E-state index contributed by atoms with van der Waals surface area (Å²) < 4.78 is 16.5. The molecule has 0 spiro atoms. The van der Waals surface area contributed by atoms with Crippen molar-refractivity contribution in [1.82, 2.24) is 30.2 Å². The number of aryl methyl sites for hydroxylation is 1. The Morgan fingerprint density at radius 1 is 1.31 bits per heavy atom. The molecule has 1 saturated heterocycles. The summed E-state index contributed by atoms with van der Waals surface area (Å²) >= 11 is 7.93. The summed E-state index contributed by atoms with van der Waals surface area (Å²) in [5, 5.41) is 14.6. The number of hydrogen-bond acceptors (Lipinski definition) is 6. The molecule has 2 atom stereocenters. The molecule has 0 saturated carbocycles. The van der Waals surface area contributed by atoms with E-state index in [1.807, 2.05) is 24.1 Å². The van der Waals surface area contributed by atoms with Crippen molar-refractivity contribution in [2.75, 3.05) is 13.1 Å². The maximum absolute atomic E-state index is 14.8. The molecule has 1 N–H and O–H groups in total. The summed E-state index contributed by atoms with van der Waals surface area (Å²) in [4.78, 5) is 19.8. The van der Waals surface area contributed by atoms with E-state index in [9.17, 15) is 9.18 Å². The van der Waals surface area contributed by atoms with Gasteiger partial charge in [0.25, 0.3) is 0 Å². The van der Waals surface area contributed by atoms with Crippen LogP contribution in [-0.2, 0) is 11.3 Å². The quantitative estimate of drug-likeness (QED) is 0.550. The first-order valence-electron chi connectivity index (χ1n) is 10.7. The molecule has 32 heavy (non-hydrogen) atoms. The Morgan fingerprint density at radius 3 is 2.78 bits per heavy atom. The number of benzene rings is 1. The highest BCUT2D eigenvalue weighted by atomic mass is 35.5. The maximum atomic E-state index is 14.8. The predicted molar refractivity (Wildman–Crippen MR) is 122 cm³/mol. The van der Waals surface area contributed by atoms with Crippen LogP contribution in [0.15, 0.2) is 29.8 Å². The molecule has 4 rings (SSSR count). The second-order valence-electron chi connectivity index (χ2n) is 8.06. The van der Waals surface area contributed by atoms with Gasteiger partial charge in [-0.3, -0.25) is 9.69 Å². The van der Waals surface area contributed by atoms with E-state index in [-0.39, 0.29) is 16.5 Å². The molecule has 170 valence electrons. The number of amides is 1. The molecule has 0 bridgehead atoms. The molecule has 1 amide bonds. The van der Waals surface area contributed by atoms with E-state index in [0.29, 0.717) is 12.2 Å². The number of carbonyl (C=O) groups excluding carboxylic acids is 1. The van der Waals surface area contributed by atoms with E-state index >= 15 is 0 Å². The number of likely N-dealkylation sites (tertiary alicyclic amines) is 1. The zero-order valence-electron chi connectivity index (χ0n) is 18.1. The Morgan fingerprint density at radius 2 is 2.09 bits per heavy atom. The molecular formula is C22H26ClFN6OS. The molecule has 1 aliphatic heterocycles. The summed E-state index contributed by atoms with van der Waals surface area (Å²) in [5.74, 6) is -0.767. The molecule has 1 aromatic carbocycles. The average Bonchev–Trinajstić information content (AvgIpc) is 3.40. The smallest absolute Gasteiger partial charge is 0.242 e. The lowest BCUT2D eigenvalue weighted by Crippen LogP contribution is -2.44. The van der Waals surface area contributed by atoms with Crippen molar-refractivity contribution in [2.24, 2.45) is 0 Å². The van der Waals surface area contributed by atoms with Crippen LogP contribution in [0, 0.1) is 12.7 Å². The summed E-state index contributed by atoms with van der Waals surface area (Å²) in [6.07, 6.45) is 4.84. The van der Waals surface area contributed by atoms with Crippen molar-refractivity contribution in [3.63, 3.8) is 0 Å². The predicted octanol–water partition coefficient (Wildman–Crippen LogP) is 4.29. The molecule has 0 radical (unpaired) electrons. The Balaban J connectivity index is 1.51. The Labute approximate surface area is 195 Å². The summed E-state index contributed by atoms with van der Waals surface area (Å²) in [5.41, 5.74) is 1.77. The first kappa shape index (κ1) is 22.8. The van der Waals surface area contributed by atoms with Crippen LogP contribution in [0.4, 0.5) is 4.39 Å². The minimum Gasteiger partial charge on any atom is -0.346 e. The lowest BCUT2D eigenvalue weighted by Gasteiger charge is -2.34. The lowest BCUT2D eigenvalue weighted by molar-refractivity contribution is -0.128. The molecular weight excluding hydrogens is 451 g/mol. The van der Waals surface area contributed by atoms with Gasteiger partial charge < -0.3 is 5.32 Å². The van der Waals surface area contributed by atoms with Gasteiger partial charge in [-0.05, 0) is 51.9 Å². The fourth-order valence-electron chi connectivity index (χ4n) is 4.03. The van der Waals surface area contributed by atoms with E-state index in [0.717, 1.165) is 43.1 Å². The van der Waals surface area contributed by atoms with Crippen LogP contribution in [0.25, 0.3) is 0 Å². The highest BCUT2D eigenvalue weighted by molar-refractivity contribution is 7.09. The zero-order valence-corrected chi connectivity index (χ0v) is 19.7. The Kier molecular flexibility index (Phi) is 7.17. The van der Waals surface area contributed by atoms with Crippen LogP contribution in [0.5, 0.6) is 0 Å². The monoisotopic (exact) mass is 476 g/mol. The van der Waals surface area contributed by atoms with Crippen LogP contribution in [0.1, 0.15) is 60.2 Å². The van der Waals surface area contributed by atoms with Gasteiger partial charge in [0.1, 0.15) is 17.6 Å². The maximum Gasteiger partial charge on any atom is 0.242 e. The topological polar surface area (TPSA) is 75.9 Å². The molecule has 10 heteroatoms. The SMILES string of the molecule is Cc1nc(Cn2cc(C(C)NC(=O)C(c3c(F)cccc3Cl)N3CCCCC3)nn2)cs1. The standard InChI is InChI=1S/C22H26ClFN6OS/c1-14(19-12-30(28-27-19)11-16-13-32-15(2)26-16)25-22(31)21(29-9-4-3-5-10-29)20-17(23)7-6-8-18(20)24/h6-8,12-14,21H,3-5,9-11H2,1-2H3,(H,25,31). The number of piperidine rings is 1. The third-order valence-electron chi connectivity index (χ3n) is 5.63. The van der Waals surface area contributed by atoms with E-state index in [2.05, 4.69) is 20.6 Å². The third-order valence-corrected chi connectivity index (χ3v) is 6.78. The molecule has 7 nitrogen and oxygen atoms in total. The Bertz CT molecular complexity index is 1060. The molecule has 1 aliphatic rings. The van der Waals surface area contributed by atoms with Crippen LogP contribution in [-0.4, -0.2) is 43.9 Å². The van der Waals surface area contributed by atoms with Crippen LogP contribution >= 0.6 is 22.9 Å². The number of nitrogens with one attached hydrogen (secondary N) is 1. The summed E-state index contributed by atoms with van der Waals surface area (Å²) in [6.45, 7) is 5.76. The van der Waals surface area contributed by atoms with Crippen LogP contribution in [0.2, 0.25) is 5.02 Å². The van der Waals surface area contributed by atoms with Gasteiger partial charge in [-0.25, -0.2) is 14.1 Å². The first-order valence-corrected chi connectivity index (χ1v) is 12.0. The number of rotatable bonds is 7. The van der Waals surface area contributed by atoms with E-state index in [1.54, 1.807) is 34.3 Å². The third kappa shape index (κ3) is 5.16. The van der Waals surface area contributed by atoms with Gasteiger partial charge in [0.05, 0.1) is 29.5 Å². The minimum absolute atomic E-state index is 0.225. The van der Waals surface area contributed by atoms with Gasteiger partial charge in [0.15, 0.2) is 0 Å². The second-order valence-corrected chi connectivity index (χ2v) is 9.53. The van der Waals surface area contributed by atoms with Gasteiger partial charge >= 0.3 is 0 Å². The van der Waals surface area contributed by atoms with Crippen molar-refractivity contribution in [1.29, 1.82) is 0 Å². The van der Waals surface area contributed by atoms with E-state index in [4.69, 9.17) is 11.6 Å². The van der Waals surface area contributed by atoms with Crippen molar-refractivity contribution in [3.05, 3.63) is 62.6 Å². The first-order chi connectivity index (χ1) is 15.4. The fraction of sp³-hybridized carbons (Fsp3) is 0.455. The van der Waals surface area contributed by atoms with Crippen LogP contribution in [0.3, 0.4) is 0 Å². The normalized spacial score (nSPS) is 16.6. The van der Waals surface area contributed by atoms with Crippen molar-refractivity contribution in [2.45, 2.75) is 51.7 Å². The minimum atomic E-state index is -0.792. The van der Waals surface area contributed by atoms with E-state index in [1.165, 1.54) is 6.07 Å². The number of aromatic nitrogens is 4. The molecule has 2 unspecified atom stereocenters. The average molecular weight is 477 g/mol. The number of hydrogen-bond donors (Lipinski definition) is 1. The van der Waals surface area contributed by atoms with Gasteiger partial charge in [0, 0.05) is 16.0 Å². The fourth-order valence-corrected chi connectivity index (χ4v) is 4.90. The molecule has 1 fully saturated rings. The van der Waals surface area contributed by atoms with Crippen molar-refractivity contribution >= 4 is 28.8 Å². The zero-order chi connectivity index (χ0) is 22.7.